The van der Waals surface area contributed by atoms with Crippen LogP contribution in [0.5, 0.6) is 23.0 Å². The molecule has 2 aromatic carbocycles. The monoisotopic (exact) mass is 653 g/mol. The zero-order valence-corrected chi connectivity index (χ0v) is 25.3. The Labute approximate surface area is 258 Å². The molecule has 4 rings (SSSR count). The van der Waals surface area contributed by atoms with Gasteiger partial charge in [0.05, 0.1) is 41.7 Å². The molecule has 0 saturated carbocycles. The minimum absolute atomic E-state index is 0.00705. The van der Waals surface area contributed by atoms with Crippen molar-refractivity contribution in [3.8, 4) is 23.0 Å². The zero-order chi connectivity index (χ0) is 33.2. The van der Waals surface area contributed by atoms with E-state index in [-0.39, 0.29) is 77.4 Å². The molecular weight excluding hydrogens is 623 g/mol. The number of carbonyl (C=O) groups excluding carboxylic acids is 2. The summed E-state index contributed by atoms with van der Waals surface area (Å²) in [6.07, 6.45) is -0.545. The summed E-state index contributed by atoms with van der Waals surface area (Å²) in [6, 6.07) is 2.71. The third-order valence-electron chi connectivity index (χ3n) is 7.32. The number of methoxy groups -OCH3 is 1. The van der Waals surface area contributed by atoms with Gasteiger partial charge in [-0.15, -0.1) is 11.3 Å². The van der Waals surface area contributed by atoms with E-state index < -0.39 is 70.2 Å². The fourth-order valence-electron chi connectivity index (χ4n) is 4.71. The van der Waals surface area contributed by atoms with E-state index in [0.29, 0.717) is 0 Å². The van der Waals surface area contributed by atoms with Gasteiger partial charge >= 0.3 is 11.9 Å². The van der Waals surface area contributed by atoms with Gasteiger partial charge < -0.3 is 34.4 Å². The maximum atomic E-state index is 15.5. The Morgan fingerprint density at radius 3 is 2.07 bits per heavy atom. The molecule has 0 radical (unpaired) electrons. The van der Waals surface area contributed by atoms with Crippen molar-refractivity contribution in [1.82, 2.24) is 4.90 Å². The number of fused-ring (bicyclic) bond motifs is 2. The number of thiophene rings is 1. The number of rotatable bonds is 14. The summed E-state index contributed by atoms with van der Waals surface area (Å²) >= 11 is 0.781. The third kappa shape index (κ3) is 6.92. The van der Waals surface area contributed by atoms with Crippen molar-refractivity contribution in [1.29, 1.82) is 0 Å². The Bertz CT molecular complexity index is 1670. The lowest BCUT2D eigenvalue weighted by atomic mass is 10.0. The smallest absolute Gasteiger partial charge is 0.306 e. The van der Waals surface area contributed by atoms with Gasteiger partial charge in [-0.1, -0.05) is 13.8 Å². The minimum atomic E-state index is -1.17. The fraction of sp³-hybridized carbons (Fsp3) is 0.400. The van der Waals surface area contributed by atoms with Crippen LogP contribution in [0.15, 0.2) is 12.1 Å². The van der Waals surface area contributed by atoms with Crippen LogP contribution >= 0.6 is 11.3 Å². The summed E-state index contributed by atoms with van der Waals surface area (Å²) < 4.78 is 61.6. The number of amides is 1. The fourth-order valence-corrected chi connectivity index (χ4v) is 5.73. The lowest BCUT2D eigenvalue weighted by molar-refractivity contribution is -0.145. The topological polar surface area (TPSA) is 160 Å². The van der Waals surface area contributed by atoms with E-state index in [2.05, 4.69) is 0 Å². The first-order valence-corrected chi connectivity index (χ1v) is 14.6. The first-order valence-electron chi connectivity index (χ1n) is 13.8. The Morgan fingerprint density at radius 2 is 1.47 bits per heavy atom. The van der Waals surface area contributed by atoms with Gasteiger partial charge in [0.15, 0.2) is 40.5 Å². The van der Waals surface area contributed by atoms with E-state index in [1.54, 1.807) is 0 Å². The second-order valence-electron chi connectivity index (χ2n) is 10.6. The summed E-state index contributed by atoms with van der Waals surface area (Å²) in [6.45, 7) is 1.83. The summed E-state index contributed by atoms with van der Waals surface area (Å²) in [4.78, 5) is 48.4. The predicted molar refractivity (Wildman–Crippen MR) is 153 cm³/mol. The molecule has 3 aromatic rings. The average molecular weight is 654 g/mol. The highest BCUT2D eigenvalue weighted by atomic mass is 32.1. The van der Waals surface area contributed by atoms with E-state index in [9.17, 15) is 28.7 Å². The molecule has 242 valence electrons. The zero-order valence-electron chi connectivity index (χ0n) is 24.4. The van der Waals surface area contributed by atoms with Gasteiger partial charge in [-0.25, -0.2) is 13.2 Å². The molecule has 1 amide bonds. The second-order valence-corrected chi connectivity index (χ2v) is 11.7. The van der Waals surface area contributed by atoms with E-state index in [1.165, 1.54) is 26.0 Å². The van der Waals surface area contributed by atoms with Crippen molar-refractivity contribution >= 4 is 45.1 Å². The number of aliphatic carboxylic acids is 2. The van der Waals surface area contributed by atoms with Crippen LogP contribution in [0.3, 0.4) is 0 Å². The Kier molecular flexibility index (Phi) is 10.1. The quantitative estimate of drug-likeness (QED) is 0.157. The number of carboxylic acids is 2. The average Bonchev–Trinajstić information content (AvgIpc) is 3.63. The van der Waals surface area contributed by atoms with E-state index in [1.807, 2.05) is 0 Å². The number of carbonyl (C=O) groups is 4. The minimum Gasteiger partial charge on any atom is -0.502 e. The summed E-state index contributed by atoms with van der Waals surface area (Å²) in [5.74, 6) is -10.2. The van der Waals surface area contributed by atoms with Gasteiger partial charge in [0.2, 0.25) is 11.7 Å². The number of nitrogens with zero attached hydrogens (tertiary/aromatic N) is 1. The molecule has 11 nitrogen and oxygen atoms in total. The summed E-state index contributed by atoms with van der Waals surface area (Å²) in [7, 11) is 1.12. The number of halogens is 3. The number of phenolic OH excluding ortho intramolecular Hbond substituents is 1. The number of phenols is 1. The molecule has 1 aliphatic rings. The van der Waals surface area contributed by atoms with Crippen molar-refractivity contribution in [3.05, 3.63) is 45.6 Å². The van der Waals surface area contributed by atoms with E-state index in [4.69, 9.17) is 24.4 Å². The Morgan fingerprint density at radius 1 is 0.889 bits per heavy atom. The van der Waals surface area contributed by atoms with Crippen LogP contribution in [-0.4, -0.2) is 64.2 Å². The van der Waals surface area contributed by atoms with Gasteiger partial charge in [-0.3, -0.25) is 19.2 Å². The number of ether oxygens (including phenoxy) is 3. The van der Waals surface area contributed by atoms with Crippen LogP contribution < -0.4 is 14.2 Å². The van der Waals surface area contributed by atoms with Gasteiger partial charge in [-0.05, 0) is 12.1 Å². The molecule has 0 saturated heterocycles. The van der Waals surface area contributed by atoms with Gasteiger partial charge in [0.25, 0.3) is 0 Å². The first kappa shape index (κ1) is 33.4. The molecule has 2 heterocycles. The van der Waals surface area contributed by atoms with Gasteiger partial charge in [0.1, 0.15) is 0 Å². The summed E-state index contributed by atoms with van der Waals surface area (Å²) in [5.41, 5.74) is -0.213. The number of benzene rings is 2. The molecule has 2 atom stereocenters. The number of Topliss-reactive ketones (excluding diaryl/α,β-unsaturated/α-hetero) is 1. The van der Waals surface area contributed by atoms with Gasteiger partial charge in [0, 0.05) is 48.9 Å². The molecule has 15 heteroatoms. The third-order valence-corrected chi connectivity index (χ3v) is 8.51. The maximum Gasteiger partial charge on any atom is 0.306 e. The molecule has 0 bridgehead atoms. The highest BCUT2D eigenvalue weighted by Gasteiger charge is 2.35. The van der Waals surface area contributed by atoms with Crippen LogP contribution in [0.2, 0.25) is 0 Å². The largest absolute Gasteiger partial charge is 0.502 e. The SMILES string of the molecule is COc1c(F)c2c(c(F)c1OCCCOc1cc3cc(C(=O)CC(C)C(=O)O)sc3c(F)c1O)CN(C(=O)CC(C)C(=O)O)C2. The van der Waals surface area contributed by atoms with Crippen LogP contribution in [0.25, 0.3) is 10.1 Å². The molecule has 1 aromatic heterocycles. The number of ketones is 1. The molecule has 2 unspecified atom stereocenters. The number of aromatic hydroxyl groups is 1. The van der Waals surface area contributed by atoms with Crippen LogP contribution in [0.1, 0.15) is 53.9 Å². The Hall–Kier alpha value is -4.53. The van der Waals surface area contributed by atoms with Crippen LogP contribution in [-0.2, 0) is 27.5 Å². The normalized spacial score (nSPS) is 13.8. The highest BCUT2D eigenvalue weighted by molar-refractivity contribution is 7.20. The Balaban J connectivity index is 1.41. The number of hydrogen-bond donors (Lipinski definition) is 3. The van der Waals surface area contributed by atoms with E-state index in [0.717, 1.165) is 23.3 Å². The van der Waals surface area contributed by atoms with Crippen LogP contribution in [0.4, 0.5) is 13.2 Å². The lowest BCUT2D eigenvalue weighted by Crippen LogP contribution is -2.28. The van der Waals surface area contributed by atoms with Crippen molar-refractivity contribution in [2.75, 3.05) is 20.3 Å². The van der Waals surface area contributed by atoms with Crippen molar-refractivity contribution < 1.29 is 61.9 Å². The maximum absolute atomic E-state index is 15.5. The molecule has 3 N–H and O–H groups in total. The molecule has 1 aliphatic heterocycles. The van der Waals surface area contributed by atoms with E-state index >= 15 is 8.78 Å². The van der Waals surface area contributed by atoms with Crippen molar-refractivity contribution in [2.45, 2.75) is 46.2 Å². The standard InChI is InChI=1S/C30H30F3NO10S/c1-13(29(38)39)7-18(35)20-10-15-9-19(25(37)24(33)28(15)45-20)43-5-4-6-44-27-23(32)17-12-34(21(36)8-14(2)30(40)41)11-16(17)22(31)26(27)42-3/h9-10,13-14,37H,4-8,11-12H2,1-3H3,(H,38,39)(H,40,41). The second kappa shape index (κ2) is 13.6. The predicted octanol–water partition coefficient (Wildman–Crippen LogP) is 5.13. The first-order chi connectivity index (χ1) is 21.2. The molecule has 0 aliphatic carbocycles. The molecular formula is C30H30F3NO10S. The van der Waals surface area contributed by atoms with Crippen LogP contribution in [0, 0.1) is 29.3 Å². The van der Waals surface area contributed by atoms with Gasteiger partial charge in [-0.2, -0.15) is 0 Å². The highest BCUT2D eigenvalue weighted by Crippen LogP contribution is 2.43. The number of hydrogen-bond acceptors (Lipinski definition) is 9. The summed E-state index contributed by atoms with van der Waals surface area (Å²) in [5, 5.41) is 28.7. The number of carboxylic acid groups (broad SMARTS) is 2. The lowest BCUT2D eigenvalue weighted by Gasteiger charge is -2.16. The van der Waals surface area contributed by atoms with Crippen molar-refractivity contribution in [3.63, 3.8) is 0 Å². The molecule has 0 fully saturated rings. The molecule has 0 spiro atoms. The molecule has 45 heavy (non-hydrogen) atoms. The van der Waals surface area contributed by atoms with Crippen molar-refractivity contribution in [2.24, 2.45) is 11.8 Å².